The van der Waals surface area contributed by atoms with Gasteiger partial charge >= 0.3 is 0 Å². The van der Waals surface area contributed by atoms with E-state index in [1.165, 1.54) is 12.1 Å². The molecule has 0 radical (unpaired) electrons. The highest BCUT2D eigenvalue weighted by Gasteiger charge is 2.25. The highest BCUT2D eigenvalue weighted by molar-refractivity contribution is 5.41. The van der Waals surface area contributed by atoms with Gasteiger partial charge in [0.1, 0.15) is 0 Å². The molecular formula is C16H19NO4. The zero-order valence-corrected chi connectivity index (χ0v) is 11.7. The van der Waals surface area contributed by atoms with Crippen LogP contribution in [0, 0.1) is 33.8 Å². The van der Waals surface area contributed by atoms with Crippen LogP contribution < -0.4 is 0 Å². The zero-order chi connectivity index (χ0) is 15.2. The molecule has 21 heavy (non-hydrogen) atoms. The summed E-state index contributed by atoms with van der Waals surface area (Å²) in [6.45, 7) is -0.177. The van der Waals surface area contributed by atoms with E-state index in [-0.39, 0.29) is 18.2 Å². The minimum atomic E-state index is -0.617. The summed E-state index contributed by atoms with van der Waals surface area (Å²) in [5, 5.41) is 29.1. The van der Waals surface area contributed by atoms with E-state index >= 15 is 0 Å². The van der Waals surface area contributed by atoms with Gasteiger partial charge in [-0.05, 0) is 43.7 Å². The van der Waals surface area contributed by atoms with E-state index in [9.17, 15) is 15.2 Å². The van der Waals surface area contributed by atoms with Crippen molar-refractivity contribution in [2.45, 2.75) is 31.8 Å². The molecule has 2 N–H and O–H groups in total. The molecule has 1 aromatic rings. The molecule has 0 spiro atoms. The van der Waals surface area contributed by atoms with Crippen LogP contribution in [0.25, 0.3) is 0 Å². The lowest BCUT2D eigenvalue weighted by Crippen LogP contribution is -2.28. The first-order chi connectivity index (χ1) is 10.1. The molecule has 0 saturated heterocycles. The molecule has 0 amide bonds. The van der Waals surface area contributed by atoms with Crippen molar-refractivity contribution in [3.05, 3.63) is 39.9 Å². The van der Waals surface area contributed by atoms with Crippen LogP contribution in [0.4, 0.5) is 5.69 Å². The molecule has 112 valence electrons. The van der Waals surface area contributed by atoms with Gasteiger partial charge < -0.3 is 10.2 Å². The van der Waals surface area contributed by atoms with Gasteiger partial charge in [0.15, 0.2) is 0 Å². The molecule has 1 aliphatic rings. The fraction of sp³-hybridized carbons (Fsp3) is 0.500. The molecular weight excluding hydrogens is 270 g/mol. The number of non-ortho nitro benzene ring substituents is 1. The Balaban J connectivity index is 1.90. The van der Waals surface area contributed by atoms with Crippen LogP contribution in [-0.2, 0) is 0 Å². The number of aliphatic hydroxyl groups is 2. The highest BCUT2D eigenvalue weighted by atomic mass is 16.6. The fourth-order valence-electron chi connectivity index (χ4n) is 2.65. The third kappa shape index (κ3) is 4.28. The fourth-order valence-corrected chi connectivity index (χ4v) is 2.65. The van der Waals surface area contributed by atoms with Crippen molar-refractivity contribution in [2.24, 2.45) is 11.8 Å². The van der Waals surface area contributed by atoms with Crippen LogP contribution >= 0.6 is 0 Å². The number of nitro benzene ring substituents is 1. The molecule has 0 heterocycles. The summed E-state index contributed by atoms with van der Waals surface area (Å²) in [6, 6.07) is 6.23. The molecule has 1 aromatic carbocycles. The van der Waals surface area contributed by atoms with Crippen LogP contribution in [0.1, 0.15) is 31.2 Å². The minimum Gasteiger partial charge on any atom is -0.394 e. The number of hydrogen-bond acceptors (Lipinski definition) is 4. The lowest BCUT2D eigenvalue weighted by Gasteiger charge is -2.28. The van der Waals surface area contributed by atoms with Gasteiger partial charge in [0, 0.05) is 23.6 Å². The van der Waals surface area contributed by atoms with Crippen molar-refractivity contribution in [2.75, 3.05) is 6.61 Å². The van der Waals surface area contributed by atoms with Crippen molar-refractivity contribution in [1.82, 2.24) is 0 Å². The summed E-state index contributed by atoms with van der Waals surface area (Å²) in [4.78, 5) is 10.1. The summed E-state index contributed by atoms with van der Waals surface area (Å²) in [5.41, 5.74) is 0.845. The van der Waals surface area contributed by atoms with Crippen LogP contribution in [0.15, 0.2) is 24.3 Å². The first-order valence-corrected chi connectivity index (χ1v) is 7.15. The third-order valence-electron chi connectivity index (χ3n) is 4.00. The van der Waals surface area contributed by atoms with Gasteiger partial charge in [-0.3, -0.25) is 10.1 Å². The first kappa shape index (κ1) is 15.5. The molecule has 5 nitrogen and oxygen atoms in total. The second-order valence-electron chi connectivity index (χ2n) is 5.43. The predicted octanol–water partition coefficient (Wildman–Crippen LogP) is 2.11. The minimum absolute atomic E-state index is 0.0686. The monoisotopic (exact) mass is 289 g/mol. The number of aliphatic hydroxyl groups excluding tert-OH is 2. The number of rotatable bonds is 3. The Bertz CT molecular complexity index is 536. The van der Waals surface area contributed by atoms with Crippen LogP contribution in [0.2, 0.25) is 0 Å². The van der Waals surface area contributed by atoms with Gasteiger partial charge in [-0.2, -0.15) is 0 Å². The number of nitro groups is 1. The van der Waals surface area contributed by atoms with Gasteiger partial charge in [0.2, 0.25) is 0 Å². The van der Waals surface area contributed by atoms with Crippen molar-refractivity contribution in [1.29, 1.82) is 0 Å². The van der Waals surface area contributed by atoms with Gasteiger partial charge in [-0.25, -0.2) is 0 Å². The van der Waals surface area contributed by atoms with Crippen molar-refractivity contribution < 1.29 is 15.1 Å². The molecule has 0 aliphatic heterocycles. The van der Waals surface area contributed by atoms with Gasteiger partial charge in [-0.15, -0.1) is 0 Å². The van der Waals surface area contributed by atoms with E-state index in [1.807, 2.05) is 0 Å². The smallest absolute Gasteiger partial charge is 0.269 e. The average Bonchev–Trinajstić information content (AvgIpc) is 2.53. The van der Waals surface area contributed by atoms with Crippen molar-refractivity contribution in [3.8, 4) is 11.8 Å². The molecule has 1 fully saturated rings. The Morgan fingerprint density at radius 2 is 1.86 bits per heavy atom. The molecule has 2 rings (SSSR count). The Morgan fingerprint density at radius 1 is 1.24 bits per heavy atom. The third-order valence-corrected chi connectivity index (χ3v) is 4.00. The molecule has 1 atom stereocenters. The van der Waals surface area contributed by atoms with Crippen LogP contribution in [0.3, 0.4) is 0 Å². The van der Waals surface area contributed by atoms with E-state index in [0.29, 0.717) is 5.92 Å². The van der Waals surface area contributed by atoms with Crippen LogP contribution in [-0.4, -0.2) is 27.8 Å². The largest absolute Gasteiger partial charge is 0.394 e. The maximum Gasteiger partial charge on any atom is 0.269 e. The summed E-state index contributed by atoms with van der Waals surface area (Å²) in [5.74, 6) is 6.72. The Kier molecular flexibility index (Phi) is 5.32. The molecule has 0 bridgehead atoms. The molecule has 1 saturated carbocycles. The van der Waals surface area contributed by atoms with Crippen molar-refractivity contribution in [3.63, 3.8) is 0 Å². The zero-order valence-electron chi connectivity index (χ0n) is 11.7. The van der Waals surface area contributed by atoms with E-state index in [0.717, 1.165) is 31.2 Å². The average molecular weight is 289 g/mol. The van der Waals surface area contributed by atoms with Gasteiger partial charge in [0.25, 0.3) is 5.69 Å². The van der Waals surface area contributed by atoms with E-state index in [4.69, 9.17) is 5.11 Å². The summed E-state index contributed by atoms with van der Waals surface area (Å²) in [6.07, 6.45) is 2.97. The standard InChI is InChI=1S/C16H19NO4/c18-11-16(19)14-7-3-12(4-8-14)1-2-13-5-9-15(10-6-13)17(20)21/h5-6,9-10,12,14,16,18-19H,3-4,7-8,11H2. The lowest BCUT2D eigenvalue weighted by molar-refractivity contribution is -0.384. The Hall–Kier alpha value is -1.90. The first-order valence-electron chi connectivity index (χ1n) is 7.15. The summed E-state index contributed by atoms with van der Waals surface area (Å²) in [7, 11) is 0. The maximum atomic E-state index is 10.6. The van der Waals surface area contributed by atoms with E-state index in [2.05, 4.69) is 11.8 Å². The normalized spacial score (nSPS) is 23.0. The van der Waals surface area contributed by atoms with Crippen LogP contribution in [0.5, 0.6) is 0 Å². The molecule has 1 unspecified atom stereocenters. The quantitative estimate of drug-likeness (QED) is 0.507. The Morgan fingerprint density at radius 3 is 2.38 bits per heavy atom. The van der Waals surface area contributed by atoms with Gasteiger partial charge in [0.05, 0.1) is 17.6 Å². The highest BCUT2D eigenvalue weighted by Crippen LogP contribution is 2.30. The SMILES string of the molecule is O=[N+]([O-])c1ccc(C#CC2CCC(C(O)CO)CC2)cc1. The topological polar surface area (TPSA) is 83.6 Å². The lowest BCUT2D eigenvalue weighted by atomic mass is 9.80. The second-order valence-corrected chi connectivity index (χ2v) is 5.43. The number of benzene rings is 1. The predicted molar refractivity (Wildman–Crippen MR) is 78.5 cm³/mol. The molecule has 1 aliphatic carbocycles. The Labute approximate surface area is 123 Å². The van der Waals surface area contributed by atoms with Gasteiger partial charge in [-0.1, -0.05) is 11.8 Å². The summed E-state index contributed by atoms with van der Waals surface area (Å²) >= 11 is 0. The molecule has 5 heteroatoms. The van der Waals surface area contributed by atoms with E-state index in [1.54, 1.807) is 12.1 Å². The summed E-state index contributed by atoms with van der Waals surface area (Å²) < 4.78 is 0. The second kappa shape index (κ2) is 7.21. The molecule has 0 aromatic heterocycles. The van der Waals surface area contributed by atoms with E-state index < -0.39 is 11.0 Å². The van der Waals surface area contributed by atoms with Crippen molar-refractivity contribution >= 4 is 5.69 Å². The number of nitrogens with zero attached hydrogens (tertiary/aromatic N) is 1. The number of hydrogen-bond donors (Lipinski definition) is 2. The maximum absolute atomic E-state index is 10.6.